The van der Waals surface area contributed by atoms with E-state index in [0.717, 1.165) is 11.3 Å². The highest BCUT2D eigenvalue weighted by atomic mass is 35.5. The van der Waals surface area contributed by atoms with Crippen LogP contribution in [-0.2, 0) is 4.74 Å². The molecule has 0 spiro atoms. The number of nitrogens with zero attached hydrogens (tertiary/aromatic N) is 1. The summed E-state index contributed by atoms with van der Waals surface area (Å²) < 4.78 is 5.09. The first-order chi connectivity index (χ1) is 15.4. The number of halogens is 2. The number of anilines is 3. The number of hydrogen-bond donors (Lipinski definition) is 4. The van der Waals surface area contributed by atoms with E-state index in [1.807, 2.05) is 0 Å². The van der Waals surface area contributed by atoms with Crippen LogP contribution in [0.15, 0.2) is 42.5 Å². The van der Waals surface area contributed by atoms with E-state index in [0.29, 0.717) is 29.5 Å². The number of rotatable bonds is 10. The van der Waals surface area contributed by atoms with Gasteiger partial charge < -0.3 is 26.2 Å². The number of aliphatic hydroxyl groups excluding tert-OH is 1. The summed E-state index contributed by atoms with van der Waals surface area (Å²) in [6.45, 7) is 0.828. The molecule has 0 radical (unpaired) electrons. The first-order valence-electron chi connectivity index (χ1n) is 9.49. The molecule has 1 aromatic heterocycles. The fourth-order valence-corrected chi connectivity index (χ4v) is 4.13. The lowest BCUT2D eigenvalue weighted by Crippen LogP contribution is -2.27. The second kappa shape index (κ2) is 11.3. The number of hydrogen-bond acceptors (Lipinski definition) is 8. The van der Waals surface area contributed by atoms with Gasteiger partial charge in [-0.25, -0.2) is 4.98 Å². The molecular weight excluding hydrogens is 475 g/mol. The van der Waals surface area contributed by atoms with E-state index in [4.69, 9.17) is 38.8 Å². The molecule has 168 valence electrons. The summed E-state index contributed by atoms with van der Waals surface area (Å²) in [4.78, 5) is 29.4. The van der Waals surface area contributed by atoms with Gasteiger partial charge in [0.2, 0.25) is 5.78 Å². The molecule has 32 heavy (non-hydrogen) atoms. The molecule has 1 heterocycles. The summed E-state index contributed by atoms with van der Waals surface area (Å²) in [7, 11) is 0. The van der Waals surface area contributed by atoms with Crippen LogP contribution in [-0.4, -0.2) is 48.1 Å². The average molecular weight is 495 g/mol. The molecule has 11 heteroatoms. The van der Waals surface area contributed by atoms with Crippen LogP contribution in [0, 0.1) is 0 Å². The van der Waals surface area contributed by atoms with Gasteiger partial charge in [-0.15, -0.1) is 0 Å². The lowest BCUT2D eigenvalue weighted by Gasteiger charge is -2.07. The number of carbonyl (C=O) groups excluding carboxylic acids is 2. The van der Waals surface area contributed by atoms with Crippen molar-refractivity contribution < 1.29 is 19.4 Å². The number of amides is 1. The molecule has 0 saturated heterocycles. The Morgan fingerprint density at radius 3 is 2.44 bits per heavy atom. The summed E-state index contributed by atoms with van der Waals surface area (Å²) in [6, 6.07) is 11.5. The monoisotopic (exact) mass is 494 g/mol. The van der Waals surface area contributed by atoms with Gasteiger partial charge >= 0.3 is 0 Å². The maximum atomic E-state index is 12.9. The van der Waals surface area contributed by atoms with Crippen LogP contribution in [0.1, 0.15) is 25.6 Å². The van der Waals surface area contributed by atoms with Gasteiger partial charge in [0.1, 0.15) is 10.7 Å². The smallest absolute Gasteiger partial charge is 0.251 e. The van der Waals surface area contributed by atoms with Crippen molar-refractivity contribution in [1.82, 2.24) is 10.3 Å². The maximum absolute atomic E-state index is 12.9. The second-order valence-corrected chi connectivity index (χ2v) is 8.27. The van der Waals surface area contributed by atoms with E-state index in [1.165, 1.54) is 0 Å². The zero-order chi connectivity index (χ0) is 23.1. The van der Waals surface area contributed by atoms with Crippen LogP contribution in [0.5, 0.6) is 0 Å². The number of carbonyl (C=O) groups is 2. The van der Waals surface area contributed by atoms with Gasteiger partial charge in [-0.2, -0.15) is 0 Å². The topological polar surface area (TPSA) is 127 Å². The van der Waals surface area contributed by atoms with Gasteiger partial charge in [-0.05, 0) is 36.4 Å². The van der Waals surface area contributed by atoms with Gasteiger partial charge in [-0.1, -0.05) is 40.6 Å². The minimum Gasteiger partial charge on any atom is -0.394 e. The van der Waals surface area contributed by atoms with Crippen LogP contribution in [0.2, 0.25) is 10.0 Å². The molecule has 2 aromatic carbocycles. The normalized spacial score (nSPS) is 10.7. The zero-order valence-corrected chi connectivity index (χ0v) is 19.1. The Hall–Kier alpha value is -2.69. The van der Waals surface area contributed by atoms with E-state index in [9.17, 15) is 9.59 Å². The Bertz CT molecular complexity index is 1090. The Kier molecular flexibility index (Phi) is 8.43. The number of nitrogen functional groups attached to an aromatic ring is 1. The van der Waals surface area contributed by atoms with Crippen LogP contribution >= 0.6 is 34.5 Å². The van der Waals surface area contributed by atoms with Crippen LogP contribution in [0.3, 0.4) is 0 Å². The molecule has 8 nitrogen and oxygen atoms in total. The Morgan fingerprint density at radius 2 is 1.78 bits per heavy atom. The Labute approximate surface area is 198 Å². The van der Waals surface area contributed by atoms with Crippen molar-refractivity contribution in [3.05, 3.63) is 68.5 Å². The molecule has 0 fully saturated rings. The van der Waals surface area contributed by atoms with Crippen molar-refractivity contribution in [2.75, 3.05) is 37.4 Å². The molecule has 0 aliphatic rings. The van der Waals surface area contributed by atoms with E-state index in [2.05, 4.69) is 15.6 Å². The largest absolute Gasteiger partial charge is 0.394 e. The van der Waals surface area contributed by atoms with Crippen molar-refractivity contribution >= 4 is 62.9 Å². The van der Waals surface area contributed by atoms with Gasteiger partial charge in [-0.3, -0.25) is 9.59 Å². The average Bonchev–Trinajstić information content (AvgIpc) is 3.13. The predicted octanol–water partition coefficient (Wildman–Crippen LogP) is 3.75. The summed E-state index contributed by atoms with van der Waals surface area (Å²) in [5.41, 5.74) is 7.26. The maximum Gasteiger partial charge on any atom is 0.251 e. The molecule has 0 aliphatic heterocycles. The number of ketones is 1. The first-order valence-corrected chi connectivity index (χ1v) is 11.1. The molecule has 0 atom stereocenters. The number of thiazole rings is 1. The fourth-order valence-electron chi connectivity index (χ4n) is 2.71. The third-order valence-electron chi connectivity index (χ3n) is 4.22. The van der Waals surface area contributed by atoms with E-state index >= 15 is 0 Å². The minimum absolute atomic E-state index is 0.0590. The molecule has 1 amide bonds. The molecule has 0 bridgehead atoms. The second-order valence-electron chi connectivity index (χ2n) is 6.45. The summed E-state index contributed by atoms with van der Waals surface area (Å²) >= 11 is 13.3. The first kappa shape index (κ1) is 24.0. The van der Waals surface area contributed by atoms with Gasteiger partial charge in [0.15, 0.2) is 5.13 Å². The predicted molar refractivity (Wildman–Crippen MR) is 126 cm³/mol. The Morgan fingerprint density at radius 1 is 1.09 bits per heavy atom. The lowest BCUT2D eigenvalue weighted by atomic mass is 10.1. The fraction of sp³-hybridized carbons (Fsp3) is 0.190. The van der Waals surface area contributed by atoms with Crippen molar-refractivity contribution in [2.45, 2.75) is 0 Å². The summed E-state index contributed by atoms with van der Waals surface area (Å²) in [6.07, 6.45) is 0. The molecule has 3 rings (SSSR count). The number of aliphatic hydroxyl groups is 1. The van der Waals surface area contributed by atoms with E-state index in [-0.39, 0.29) is 45.4 Å². The Balaban J connectivity index is 1.65. The zero-order valence-electron chi connectivity index (χ0n) is 16.7. The molecular formula is C21H20Cl2N4O4S. The molecule has 0 aliphatic carbocycles. The highest BCUT2D eigenvalue weighted by Crippen LogP contribution is 2.33. The van der Waals surface area contributed by atoms with Crippen LogP contribution in [0.4, 0.5) is 16.6 Å². The van der Waals surface area contributed by atoms with Gasteiger partial charge in [0, 0.05) is 17.8 Å². The van der Waals surface area contributed by atoms with Gasteiger partial charge in [0.05, 0.1) is 35.4 Å². The number of nitrogens with two attached hydrogens (primary N) is 1. The third kappa shape index (κ3) is 5.96. The van der Waals surface area contributed by atoms with Crippen LogP contribution in [0.25, 0.3) is 0 Å². The summed E-state index contributed by atoms with van der Waals surface area (Å²) in [5, 5.41) is 15.3. The number of ether oxygens (including phenoxy) is 1. The van der Waals surface area contributed by atoms with Crippen molar-refractivity contribution in [1.29, 1.82) is 0 Å². The summed E-state index contributed by atoms with van der Waals surface area (Å²) in [5.74, 6) is -0.580. The molecule has 3 aromatic rings. The minimum atomic E-state index is -0.404. The lowest BCUT2D eigenvalue weighted by molar-refractivity contribution is 0.0838. The number of benzene rings is 2. The number of aromatic nitrogens is 1. The van der Waals surface area contributed by atoms with Crippen molar-refractivity contribution in [3.8, 4) is 0 Å². The van der Waals surface area contributed by atoms with E-state index < -0.39 is 5.78 Å². The van der Waals surface area contributed by atoms with Gasteiger partial charge in [0.25, 0.3) is 5.91 Å². The van der Waals surface area contributed by atoms with Crippen molar-refractivity contribution in [2.24, 2.45) is 0 Å². The number of nitrogens with one attached hydrogen (secondary N) is 2. The molecule has 0 unspecified atom stereocenters. The highest BCUT2D eigenvalue weighted by molar-refractivity contribution is 7.18. The SMILES string of the molecule is Nc1nc(Nc2ccc(C(=O)NCCOCCO)cc2)sc1C(=O)c1c(Cl)cccc1Cl. The third-order valence-corrected chi connectivity index (χ3v) is 5.83. The molecule has 0 saturated carbocycles. The standard InChI is InChI=1S/C21H20Cl2N4O4S/c22-14-2-1-3-15(23)16(14)17(29)18-19(24)27-21(32-18)26-13-6-4-12(5-7-13)20(30)25-8-10-31-11-9-28/h1-7,28H,8-11,24H2,(H,25,30)(H,26,27). The van der Waals surface area contributed by atoms with Crippen molar-refractivity contribution in [3.63, 3.8) is 0 Å². The van der Waals surface area contributed by atoms with Crippen LogP contribution < -0.4 is 16.4 Å². The van der Waals surface area contributed by atoms with E-state index in [1.54, 1.807) is 42.5 Å². The highest BCUT2D eigenvalue weighted by Gasteiger charge is 2.22. The molecule has 5 N–H and O–H groups in total. The quantitative estimate of drug-likeness (QED) is 0.249.